The Morgan fingerprint density at radius 1 is 1.39 bits per heavy atom. The van der Waals surface area contributed by atoms with Crippen LogP contribution in [-0.2, 0) is 18.3 Å². The number of nitrogens with one attached hydrogen (secondary N) is 1. The maximum atomic E-state index is 12.3. The second-order valence-corrected chi connectivity index (χ2v) is 7.28. The van der Waals surface area contributed by atoms with Gasteiger partial charge in [-0.25, -0.2) is 0 Å². The Kier molecular flexibility index (Phi) is 4.55. The normalized spacial score (nSPS) is 21.4. The molecular formula is C17H24N4OS. The molecule has 1 aliphatic heterocycles. The number of carbonyl (C=O) groups is 1. The lowest BCUT2D eigenvalue weighted by atomic mass is 9.98. The number of rotatable bonds is 5. The van der Waals surface area contributed by atoms with Gasteiger partial charge < -0.3 is 10.2 Å². The Morgan fingerprint density at radius 3 is 2.78 bits per heavy atom. The van der Waals surface area contributed by atoms with Gasteiger partial charge in [0.2, 0.25) is 5.91 Å². The summed E-state index contributed by atoms with van der Waals surface area (Å²) >= 11 is 1.78. The average molecular weight is 332 g/mol. The highest BCUT2D eigenvalue weighted by Gasteiger charge is 2.40. The predicted molar refractivity (Wildman–Crippen MR) is 92.6 cm³/mol. The van der Waals surface area contributed by atoms with Crippen LogP contribution in [0.15, 0.2) is 17.5 Å². The summed E-state index contributed by atoms with van der Waals surface area (Å²) in [6, 6.07) is 4.46. The molecule has 2 atom stereocenters. The molecule has 0 bridgehead atoms. The van der Waals surface area contributed by atoms with Crippen molar-refractivity contribution in [1.29, 1.82) is 0 Å². The molecule has 2 aromatic rings. The first-order valence-electron chi connectivity index (χ1n) is 8.00. The van der Waals surface area contributed by atoms with E-state index < -0.39 is 0 Å². The molecule has 1 saturated heterocycles. The quantitative estimate of drug-likeness (QED) is 0.913. The molecular weight excluding hydrogens is 308 g/mol. The highest BCUT2D eigenvalue weighted by Crippen LogP contribution is 2.35. The summed E-state index contributed by atoms with van der Waals surface area (Å²) in [6.07, 6.45) is 1.56. The third-order valence-corrected chi connectivity index (χ3v) is 5.74. The third kappa shape index (κ3) is 3.05. The van der Waals surface area contributed by atoms with Crippen molar-refractivity contribution in [2.24, 2.45) is 7.05 Å². The molecule has 124 valence electrons. The van der Waals surface area contributed by atoms with Crippen LogP contribution in [-0.4, -0.2) is 40.2 Å². The zero-order valence-electron chi connectivity index (χ0n) is 14.2. The van der Waals surface area contributed by atoms with Crippen LogP contribution in [0.5, 0.6) is 0 Å². The van der Waals surface area contributed by atoms with Crippen LogP contribution >= 0.6 is 11.3 Å². The number of likely N-dealkylation sites (tertiary alicyclic amines) is 1. The molecule has 0 radical (unpaired) electrons. The van der Waals surface area contributed by atoms with Gasteiger partial charge in [-0.05, 0) is 31.7 Å². The van der Waals surface area contributed by atoms with Crippen LogP contribution in [0.2, 0.25) is 0 Å². The summed E-state index contributed by atoms with van der Waals surface area (Å²) in [5, 5.41) is 10.2. The first-order chi connectivity index (χ1) is 11.0. The first-order valence-corrected chi connectivity index (χ1v) is 8.88. The van der Waals surface area contributed by atoms with Crippen molar-refractivity contribution < 1.29 is 4.79 Å². The van der Waals surface area contributed by atoms with Crippen molar-refractivity contribution in [3.05, 3.63) is 39.3 Å². The zero-order chi connectivity index (χ0) is 16.6. The minimum Gasteiger partial charge on any atom is -0.337 e. The smallest absolute Gasteiger partial charge is 0.224 e. The van der Waals surface area contributed by atoms with Crippen molar-refractivity contribution in [2.45, 2.75) is 38.8 Å². The maximum Gasteiger partial charge on any atom is 0.224 e. The molecule has 1 fully saturated rings. The molecule has 3 rings (SSSR count). The van der Waals surface area contributed by atoms with E-state index in [4.69, 9.17) is 0 Å². The van der Waals surface area contributed by atoms with E-state index in [-0.39, 0.29) is 18.0 Å². The topological polar surface area (TPSA) is 50.2 Å². The van der Waals surface area contributed by atoms with Crippen LogP contribution in [0.4, 0.5) is 0 Å². The number of nitrogens with zero attached hydrogens (tertiary/aromatic N) is 3. The molecule has 23 heavy (non-hydrogen) atoms. The van der Waals surface area contributed by atoms with Gasteiger partial charge in [0.25, 0.3) is 0 Å². The number of thiophene rings is 1. The van der Waals surface area contributed by atoms with Crippen molar-refractivity contribution in [3.63, 3.8) is 0 Å². The van der Waals surface area contributed by atoms with Gasteiger partial charge in [-0.15, -0.1) is 11.3 Å². The van der Waals surface area contributed by atoms with Crippen molar-refractivity contribution >= 4 is 17.2 Å². The number of hydrogen-bond acceptors (Lipinski definition) is 4. The average Bonchev–Trinajstić information content (AvgIpc) is 3.16. The van der Waals surface area contributed by atoms with Gasteiger partial charge in [0, 0.05) is 49.2 Å². The van der Waals surface area contributed by atoms with E-state index in [1.807, 2.05) is 30.6 Å². The monoisotopic (exact) mass is 332 g/mol. The molecule has 2 aromatic heterocycles. The Morgan fingerprint density at radius 2 is 2.17 bits per heavy atom. The molecule has 0 unspecified atom stereocenters. The fraction of sp³-hybridized carbons (Fsp3) is 0.529. The van der Waals surface area contributed by atoms with Crippen LogP contribution in [0.3, 0.4) is 0 Å². The van der Waals surface area contributed by atoms with Gasteiger partial charge in [0.05, 0.1) is 11.7 Å². The van der Waals surface area contributed by atoms with Gasteiger partial charge in [0.1, 0.15) is 0 Å². The number of likely N-dealkylation sites (N-methyl/N-ethyl adjacent to an activating group) is 1. The van der Waals surface area contributed by atoms with Gasteiger partial charge in [0.15, 0.2) is 0 Å². The molecule has 1 aliphatic rings. The lowest BCUT2D eigenvalue weighted by Gasteiger charge is -2.26. The Balaban J connectivity index is 1.76. The summed E-state index contributed by atoms with van der Waals surface area (Å²) in [5.41, 5.74) is 3.34. The minimum absolute atomic E-state index is 0.0690. The molecule has 5 nitrogen and oxygen atoms in total. The van der Waals surface area contributed by atoms with E-state index in [1.54, 1.807) is 11.3 Å². The maximum absolute atomic E-state index is 12.3. The van der Waals surface area contributed by atoms with Crippen molar-refractivity contribution in [2.75, 3.05) is 13.6 Å². The number of carbonyl (C=O) groups excluding carboxylic acids is 1. The standard InChI is InChI=1S/C17H24N4OS/c1-11-16(12(2)21(4)19-11)17-14(10-15(22)20(17)3)18-8-7-13-6-5-9-23-13/h5-6,9,14,17-18H,7-8,10H2,1-4H3/t14-,17-/m1/s1. The summed E-state index contributed by atoms with van der Waals surface area (Å²) in [4.78, 5) is 15.5. The summed E-state index contributed by atoms with van der Waals surface area (Å²) < 4.78 is 1.91. The van der Waals surface area contributed by atoms with Gasteiger partial charge in [-0.2, -0.15) is 5.10 Å². The lowest BCUT2D eigenvalue weighted by Crippen LogP contribution is -2.36. The SMILES string of the molecule is Cc1nn(C)c(C)c1[C@H]1[C@H](NCCc2cccs2)CC(=O)N1C. The molecule has 0 aromatic carbocycles. The minimum atomic E-state index is 0.0690. The molecule has 1 amide bonds. The Labute approximate surface area is 141 Å². The zero-order valence-corrected chi connectivity index (χ0v) is 15.0. The summed E-state index contributed by atoms with van der Waals surface area (Å²) in [5.74, 6) is 0.200. The third-order valence-electron chi connectivity index (χ3n) is 4.81. The Bertz CT molecular complexity index is 692. The molecule has 0 saturated carbocycles. The van der Waals surface area contributed by atoms with Gasteiger partial charge in [-0.1, -0.05) is 6.07 Å². The molecule has 0 spiro atoms. The van der Waals surface area contributed by atoms with E-state index in [9.17, 15) is 4.79 Å². The fourth-order valence-electron chi connectivity index (χ4n) is 3.50. The predicted octanol–water partition coefficient (Wildman–Crippen LogP) is 2.20. The molecule has 3 heterocycles. The number of hydrogen-bond donors (Lipinski definition) is 1. The van der Waals surface area contributed by atoms with Crippen molar-refractivity contribution in [1.82, 2.24) is 20.0 Å². The van der Waals surface area contributed by atoms with E-state index in [1.165, 1.54) is 10.4 Å². The van der Waals surface area contributed by atoms with E-state index >= 15 is 0 Å². The van der Waals surface area contributed by atoms with E-state index in [2.05, 4.69) is 34.9 Å². The van der Waals surface area contributed by atoms with Gasteiger partial charge >= 0.3 is 0 Å². The van der Waals surface area contributed by atoms with E-state index in [0.29, 0.717) is 6.42 Å². The molecule has 6 heteroatoms. The lowest BCUT2D eigenvalue weighted by molar-refractivity contribution is -0.127. The number of aryl methyl sites for hydroxylation is 2. The largest absolute Gasteiger partial charge is 0.337 e. The van der Waals surface area contributed by atoms with Gasteiger partial charge in [-0.3, -0.25) is 9.48 Å². The van der Waals surface area contributed by atoms with Crippen LogP contribution in [0.25, 0.3) is 0 Å². The second kappa shape index (κ2) is 6.45. The highest BCUT2D eigenvalue weighted by atomic mass is 32.1. The first kappa shape index (κ1) is 16.2. The fourth-order valence-corrected chi connectivity index (χ4v) is 4.21. The second-order valence-electron chi connectivity index (χ2n) is 6.25. The van der Waals surface area contributed by atoms with Crippen LogP contribution in [0, 0.1) is 13.8 Å². The number of amides is 1. The van der Waals surface area contributed by atoms with Crippen LogP contribution < -0.4 is 5.32 Å². The molecule has 0 aliphatic carbocycles. The van der Waals surface area contributed by atoms with Crippen LogP contribution in [0.1, 0.15) is 34.3 Å². The van der Waals surface area contributed by atoms with Crippen molar-refractivity contribution in [3.8, 4) is 0 Å². The van der Waals surface area contributed by atoms with E-state index in [0.717, 1.165) is 24.4 Å². The Hall–Kier alpha value is -1.66. The molecule has 1 N–H and O–H groups in total. The number of aromatic nitrogens is 2. The summed E-state index contributed by atoms with van der Waals surface area (Å²) in [6.45, 7) is 5.00. The highest BCUT2D eigenvalue weighted by molar-refractivity contribution is 7.09. The summed E-state index contributed by atoms with van der Waals surface area (Å²) in [7, 11) is 3.86.